The van der Waals surface area contributed by atoms with Crippen molar-refractivity contribution in [3.8, 4) is 17.6 Å². The Morgan fingerprint density at radius 3 is 2.57 bits per heavy atom. The minimum atomic E-state index is -0.433. The van der Waals surface area contributed by atoms with Crippen LogP contribution in [0.25, 0.3) is 0 Å². The molecule has 0 aliphatic rings. The van der Waals surface area contributed by atoms with E-state index < -0.39 is 5.92 Å². The molecule has 0 saturated carbocycles. The van der Waals surface area contributed by atoms with E-state index >= 15 is 0 Å². The average Bonchev–Trinajstić information content (AvgIpc) is 2.52. The molecule has 0 aromatic heterocycles. The maximum absolute atomic E-state index is 13.3. The van der Waals surface area contributed by atoms with Gasteiger partial charge in [-0.2, -0.15) is 5.26 Å². The molecule has 0 saturated heterocycles. The molecule has 2 aromatic rings. The standard InChI is InChI=1S/C17H16FNO2/c1-20-15-6-7-17(21-2)16(10-15)13(11-19)8-12-4-3-5-14(18)9-12/h3-7,9-10,13H,8H2,1-2H3. The molecule has 4 heteroatoms. The van der Waals surface area contributed by atoms with E-state index in [1.54, 1.807) is 44.6 Å². The van der Waals surface area contributed by atoms with Crippen molar-refractivity contribution >= 4 is 0 Å². The molecule has 1 atom stereocenters. The molecule has 0 aliphatic carbocycles. The van der Waals surface area contributed by atoms with Crippen molar-refractivity contribution in [3.63, 3.8) is 0 Å². The van der Waals surface area contributed by atoms with Crippen LogP contribution in [0.1, 0.15) is 17.0 Å². The highest BCUT2D eigenvalue weighted by Gasteiger charge is 2.17. The highest BCUT2D eigenvalue weighted by atomic mass is 19.1. The van der Waals surface area contributed by atoms with E-state index in [1.165, 1.54) is 12.1 Å². The molecule has 0 spiro atoms. The highest BCUT2D eigenvalue weighted by Crippen LogP contribution is 2.32. The number of ether oxygens (including phenoxy) is 2. The molecular weight excluding hydrogens is 269 g/mol. The molecule has 3 nitrogen and oxygen atoms in total. The maximum atomic E-state index is 13.3. The second kappa shape index (κ2) is 6.76. The summed E-state index contributed by atoms with van der Waals surface area (Å²) in [4.78, 5) is 0. The van der Waals surface area contributed by atoms with E-state index in [1.807, 2.05) is 0 Å². The number of nitriles is 1. The number of methoxy groups -OCH3 is 2. The minimum Gasteiger partial charge on any atom is -0.497 e. The summed E-state index contributed by atoms with van der Waals surface area (Å²) in [6.07, 6.45) is 0.414. The lowest BCUT2D eigenvalue weighted by atomic mass is 9.92. The van der Waals surface area contributed by atoms with Crippen LogP contribution in [0, 0.1) is 17.1 Å². The van der Waals surface area contributed by atoms with Gasteiger partial charge in [-0.05, 0) is 42.3 Å². The third-order valence-corrected chi connectivity index (χ3v) is 3.30. The van der Waals surface area contributed by atoms with Crippen LogP contribution in [0.4, 0.5) is 4.39 Å². The summed E-state index contributed by atoms with van der Waals surface area (Å²) in [6.45, 7) is 0. The van der Waals surface area contributed by atoms with Gasteiger partial charge in [-0.1, -0.05) is 12.1 Å². The maximum Gasteiger partial charge on any atom is 0.123 e. The second-order valence-corrected chi connectivity index (χ2v) is 4.62. The van der Waals surface area contributed by atoms with Gasteiger partial charge in [0.05, 0.1) is 26.2 Å². The highest BCUT2D eigenvalue weighted by molar-refractivity contribution is 5.45. The molecule has 0 bridgehead atoms. The molecule has 2 rings (SSSR count). The third kappa shape index (κ3) is 3.51. The van der Waals surface area contributed by atoms with Gasteiger partial charge in [0.1, 0.15) is 17.3 Å². The normalized spacial score (nSPS) is 11.5. The molecule has 0 heterocycles. The lowest BCUT2D eigenvalue weighted by Crippen LogP contribution is -2.04. The van der Waals surface area contributed by atoms with Crippen LogP contribution < -0.4 is 9.47 Å². The first-order valence-electron chi connectivity index (χ1n) is 6.54. The molecule has 0 radical (unpaired) electrons. The summed E-state index contributed by atoms with van der Waals surface area (Å²) in [5.74, 6) is 0.544. The molecule has 1 unspecified atom stereocenters. The zero-order valence-corrected chi connectivity index (χ0v) is 12.0. The fourth-order valence-corrected chi connectivity index (χ4v) is 2.24. The van der Waals surface area contributed by atoms with Crippen LogP contribution in [0.5, 0.6) is 11.5 Å². The molecule has 2 aromatic carbocycles. The van der Waals surface area contributed by atoms with Crippen molar-refractivity contribution < 1.29 is 13.9 Å². The Bertz CT molecular complexity index is 664. The SMILES string of the molecule is COc1ccc(OC)c(C(C#N)Cc2cccc(F)c2)c1. The van der Waals surface area contributed by atoms with Crippen LogP contribution in [0.3, 0.4) is 0 Å². The molecule has 0 amide bonds. The minimum absolute atomic E-state index is 0.304. The number of hydrogen-bond donors (Lipinski definition) is 0. The second-order valence-electron chi connectivity index (χ2n) is 4.62. The summed E-state index contributed by atoms with van der Waals surface area (Å²) < 4.78 is 23.8. The number of benzene rings is 2. The van der Waals surface area contributed by atoms with E-state index in [9.17, 15) is 9.65 Å². The Morgan fingerprint density at radius 2 is 1.95 bits per heavy atom. The van der Waals surface area contributed by atoms with Gasteiger partial charge in [0.15, 0.2) is 0 Å². The van der Waals surface area contributed by atoms with Gasteiger partial charge in [0.2, 0.25) is 0 Å². The summed E-state index contributed by atoms with van der Waals surface area (Å²) in [5.41, 5.74) is 1.51. The van der Waals surface area contributed by atoms with Crippen molar-refractivity contribution in [2.45, 2.75) is 12.3 Å². The Morgan fingerprint density at radius 1 is 1.14 bits per heavy atom. The average molecular weight is 285 g/mol. The third-order valence-electron chi connectivity index (χ3n) is 3.30. The fraction of sp³-hybridized carbons (Fsp3) is 0.235. The first-order chi connectivity index (χ1) is 10.2. The van der Waals surface area contributed by atoms with Crippen molar-refractivity contribution in [3.05, 3.63) is 59.4 Å². The molecule has 0 aliphatic heterocycles. The summed E-state index contributed by atoms with van der Waals surface area (Å²) in [6, 6.07) is 13.9. The van der Waals surface area contributed by atoms with E-state index in [4.69, 9.17) is 9.47 Å². The Balaban J connectivity index is 2.35. The van der Waals surface area contributed by atoms with Crippen molar-refractivity contribution in [2.75, 3.05) is 14.2 Å². The predicted octanol–water partition coefficient (Wildman–Crippen LogP) is 3.69. The Kier molecular flexibility index (Phi) is 4.78. The van der Waals surface area contributed by atoms with Gasteiger partial charge < -0.3 is 9.47 Å². The van der Waals surface area contributed by atoms with Crippen molar-refractivity contribution in [2.24, 2.45) is 0 Å². The molecule has 21 heavy (non-hydrogen) atoms. The Hall–Kier alpha value is -2.54. The van der Waals surface area contributed by atoms with E-state index in [0.29, 0.717) is 17.9 Å². The summed E-state index contributed by atoms with van der Waals surface area (Å²) >= 11 is 0. The molecule has 0 N–H and O–H groups in total. The first kappa shape index (κ1) is 14.9. The summed E-state index contributed by atoms with van der Waals surface area (Å²) in [5, 5.41) is 9.45. The van der Waals surface area contributed by atoms with Gasteiger partial charge in [-0.15, -0.1) is 0 Å². The quantitative estimate of drug-likeness (QED) is 0.841. The van der Waals surface area contributed by atoms with E-state index in [-0.39, 0.29) is 5.82 Å². The number of nitrogens with zero attached hydrogens (tertiary/aromatic N) is 1. The van der Waals surface area contributed by atoms with Crippen molar-refractivity contribution in [1.29, 1.82) is 5.26 Å². The number of halogens is 1. The van der Waals surface area contributed by atoms with Crippen molar-refractivity contribution in [1.82, 2.24) is 0 Å². The Labute approximate surface area is 123 Å². The van der Waals surface area contributed by atoms with E-state index in [0.717, 1.165) is 11.1 Å². The van der Waals surface area contributed by atoms with Crippen LogP contribution in [0.15, 0.2) is 42.5 Å². The van der Waals surface area contributed by atoms with Crippen LogP contribution in [-0.4, -0.2) is 14.2 Å². The monoisotopic (exact) mass is 285 g/mol. The number of hydrogen-bond acceptors (Lipinski definition) is 3. The molecular formula is C17H16FNO2. The smallest absolute Gasteiger partial charge is 0.123 e. The zero-order valence-electron chi connectivity index (χ0n) is 12.0. The van der Waals surface area contributed by atoms with Crippen LogP contribution in [0.2, 0.25) is 0 Å². The molecule has 108 valence electrons. The van der Waals surface area contributed by atoms with E-state index in [2.05, 4.69) is 6.07 Å². The first-order valence-corrected chi connectivity index (χ1v) is 6.54. The summed E-state index contributed by atoms with van der Waals surface area (Å²) in [7, 11) is 3.13. The lowest BCUT2D eigenvalue weighted by molar-refractivity contribution is 0.397. The zero-order chi connectivity index (χ0) is 15.2. The predicted molar refractivity (Wildman–Crippen MR) is 78.0 cm³/mol. The lowest BCUT2D eigenvalue weighted by Gasteiger charge is -2.15. The molecule has 0 fully saturated rings. The fourth-order valence-electron chi connectivity index (χ4n) is 2.24. The largest absolute Gasteiger partial charge is 0.497 e. The van der Waals surface area contributed by atoms with Gasteiger partial charge >= 0.3 is 0 Å². The van der Waals surface area contributed by atoms with Gasteiger partial charge in [0, 0.05) is 5.56 Å². The number of rotatable bonds is 5. The topological polar surface area (TPSA) is 42.2 Å². The van der Waals surface area contributed by atoms with Crippen LogP contribution in [-0.2, 0) is 6.42 Å². The van der Waals surface area contributed by atoms with Gasteiger partial charge in [-0.25, -0.2) is 4.39 Å². The van der Waals surface area contributed by atoms with Crippen LogP contribution >= 0.6 is 0 Å². The van der Waals surface area contributed by atoms with Gasteiger partial charge in [0.25, 0.3) is 0 Å². The van der Waals surface area contributed by atoms with Gasteiger partial charge in [-0.3, -0.25) is 0 Å².